The molecule has 0 amide bonds. The van der Waals surface area contributed by atoms with Gasteiger partial charge in [0.25, 0.3) is 0 Å². The SMILES string of the molecule is CC.NCCc1ccc(F)cc1. The van der Waals surface area contributed by atoms with Gasteiger partial charge in [-0.15, -0.1) is 0 Å². The second kappa shape index (κ2) is 6.80. The standard InChI is InChI=1S/C8H10FN.C2H6/c9-8-3-1-7(2-4-8)5-6-10;1-2/h1-4H,5-6,10H2;1-2H3. The van der Waals surface area contributed by atoms with Crippen LogP contribution in [0.1, 0.15) is 19.4 Å². The van der Waals surface area contributed by atoms with E-state index in [1.807, 2.05) is 13.8 Å². The summed E-state index contributed by atoms with van der Waals surface area (Å²) in [6.07, 6.45) is 0.820. The third-order valence-electron chi connectivity index (χ3n) is 1.35. The molecule has 68 valence electrons. The lowest BCUT2D eigenvalue weighted by Gasteiger charge is -1.95. The van der Waals surface area contributed by atoms with Gasteiger partial charge in [-0.25, -0.2) is 4.39 Å². The van der Waals surface area contributed by atoms with Crippen molar-refractivity contribution in [1.82, 2.24) is 0 Å². The summed E-state index contributed by atoms with van der Waals surface area (Å²) in [5.74, 6) is -0.194. The molecule has 0 atom stereocenters. The first-order valence-electron chi connectivity index (χ1n) is 4.27. The highest BCUT2D eigenvalue weighted by molar-refractivity contribution is 5.16. The molecule has 0 aromatic heterocycles. The smallest absolute Gasteiger partial charge is 0.123 e. The topological polar surface area (TPSA) is 26.0 Å². The maximum absolute atomic E-state index is 12.3. The first kappa shape index (κ1) is 11.1. The molecular weight excluding hydrogens is 153 g/mol. The van der Waals surface area contributed by atoms with Crippen molar-refractivity contribution < 1.29 is 4.39 Å². The number of halogens is 1. The van der Waals surface area contributed by atoms with Gasteiger partial charge in [-0.1, -0.05) is 26.0 Å². The predicted octanol–water partition coefficient (Wildman–Crippen LogP) is 2.35. The van der Waals surface area contributed by atoms with Gasteiger partial charge in [-0.2, -0.15) is 0 Å². The average Bonchev–Trinajstić information content (AvgIpc) is 2.13. The van der Waals surface area contributed by atoms with E-state index in [4.69, 9.17) is 5.73 Å². The fourth-order valence-electron chi connectivity index (χ4n) is 0.818. The van der Waals surface area contributed by atoms with Crippen molar-refractivity contribution in [2.45, 2.75) is 20.3 Å². The first-order chi connectivity index (χ1) is 5.83. The molecule has 1 aromatic rings. The van der Waals surface area contributed by atoms with Gasteiger partial charge in [-0.05, 0) is 30.7 Å². The number of rotatable bonds is 2. The summed E-state index contributed by atoms with van der Waals surface area (Å²) in [5.41, 5.74) is 6.39. The minimum Gasteiger partial charge on any atom is -0.330 e. The molecule has 2 N–H and O–H groups in total. The normalized spacial score (nSPS) is 8.67. The van der Waals surface area contributed by atoms with Crippen molar-refractivity contribution in [3.05, 3.63) is 35.6 Å². The van der Waals surface area contributed by atoms with Gasteiger partial charge in [-0.3, -0.25) is 0 Å². The zero-order valence-electron chi connectivity index (χ0n) is 7.68. The van der Waals surface area contributed by atoms with Crippen molar-refractivity contribution in [3.63, 3.8) is 0 Å². The Kier molecular flexibility index (Phi) is 6.29. The highest BCUT2D eigenvalue weighted by atomic mass is 19.1. The van der Waals surface area contributed by atoms with E-state index in [9.17, 15) is 4.39 Å². The zero-order chi connectivity index (χ0) is 9.40. The van der Waals surface area contributed by atoms with E-state index in [0.29, 0.717) is 6.54 Å². The van der Waals surface area contributed by atoms with Crippen LogP contribution >= 0.6 is 0 Å². The maximum atomic E-state index is 12.3. The highest BCUT2D eigenvalue weighted by Gasteiger charge is 1.90. The maximum Gasteiger partial charge on any atom is 0.123 e. The average molecular weight is 169 g/mol. The summed E-state index contributed by atoms with van der Waals surface area (Å²) >= 11 is 0. The molecule has 0 unspecified atom stereocenters. The summed E-state index contributed by atoms with van der Waals surface area (Å²) in [5, 5.41) is 0. The fraction of sp³-hybridized carbons (Fsp3) is 0.400. The predicted molar refractivity (Wildman–Crippen MR) is 50.5 cm³/mol. The Balaban J connectivity index is 0.000000561. The number of benzene rings is 1. The lowest BCUT2D eigenvalue weighted by Crippen LogP contribution is -2.02. The lowest BCUT2D eigenvalue weighted by molar-refractivity contribution is 0.627. The molecule has 0 saturated heterocycles. The Morgan fingerprint density at radius 3 is 2.08 bits per heavy atom. The van der Waals surface area contributed by atoms with Crippen LogP contribution in [-0.2, 0) is 6.42 Å². The second-order valence-corrected chi connectivity index (χ2v) is 2.17. The molecule has 0 aliphatic heterocycles. The molecular formula is C10H16FN. The van der Waals surface area contributed by atoms with Crippen LogP contribution in [0.25, 0.3) is 0 Å². The van der Waals surface area contributed by atoms with Gasteiger partial charge in [0.15, 0.2) is 0 Å². The molecule has 0 saturated carbocycles. The van der Waals surface area contributed by atoms with E-state index >= 15 is 0 Å². The molecule has 2 heteroatoms. The van der Waals surface area contributed by atoms with E-state index in [2.05, 4.69) is 0 Å². The molecule has 0 aliphatic carbocycles. The van der Waals surface area contributed by atoms with E-state index in [-0.39, 0.29) is 5.82 Å². The summed E-state index contributed by atoms with van der Waals surface area (Å²) in [7, 11) is 0. The van der Waals surface area contributed by atoms with E-state index < -0.39 is 0 Å². The molecule has 0 heterocycles. The van der Waals surface area contributed by atoms with Crippen LogP contribution < -0.4 is 5.73 Å². The number of hydrogen-bond donors (Lipinski definition) is 1. The first-order valence-corrected chi connectivity index (χ1v) is 4.27. The minimum atomic E-state index is -0.194. The lowest BCUT2D eigenvalue weighted by atomic mass is 10.1. The Morgan fingerprint density at radius 2 is 1.67 bits per heavy atom. The Morgan fingerprint density at radius 1 is 1.17 bits per heavy atom. The van der Waals surface area contributed by atoms with Crippen molar-refractivity contribution in [1.29, 1.82) is 0 Å². The van der Waals surface area contributed by atoms with Gasteiger partial charge in [0.1, 0.15) is 5.82 Å². The van der Waals surface area contributed by atoms with Crippen LogP contribution in [0.5, 0.6) is 0 Å². The van der Waals surface area contributed by atoms with Crippen LogP contribution in [0, 0.1) is 5.82 Å². The van der Waals surface area contributed by atoms with Crippen LogP contribution in [0.3, 0.4) is 0 Å². The van der Waals surface area contributed by atoms with Crippen LogP contribution in [-0.4, -0.2) is 6.54 Å². The summed E-state index contributed by atoms with van der Waals surface area (Å²) in [6.45, 7) is 4.62. The molecule has 0 bridgehead atoms. The van der Waals surface area contributed by atoms with E-state index in [0.717, 1.165) is 12.0 Å². The van der Waals surface area contributed by atoms with E-state index in [1.54, 1.807) is 12.1 Å². The molecule has 1 nitrogen and oxygen atoms in total. The van der Waals surface area contributed by atoms with Gasteiger partial charge in [0.05, 0.1) is 0 Å². The molecule has 0 fully saturated rings. The Labute approximate surface area is 73.4 Å². The van der Waals surface area contributed by atoms with E-state index in [1.165, 1.54) is 12.1 Å². The third-order valence-corrected chi connectivity index (χ3v) is 1.35. The van der Waals surface area contributed by atoms with Crippen LogP contribution in [0.2, 0.25) is 0 Å². The molecule has 0 aliphatic rings. The number of hydrogen-bond acceptors (Lipinski definition) is 1. The highest BCUT2D eigenvalue weighted by Crippen LogP contribution is 2.01. The summed E-state index contributed by atoms with van der Waals surface area (Å²) < 4.78 is 12.3. The van der Waals surface area contributed by atoms with Gasteiger partial charge < -0.3 is 5.73 Å². The number of nitrogens with two attached hydrogens (primary N) is 1. The largest absolute Gasteiger partial charge is 0.330 e. The zero-order valence-corrected chi connectivity index (χ0v) is 7.68. The summed E-state index contributed by atoms with van der Waals surface area (Å²) in [4.78, 5) is 0. The Hall–Kier alpha value is -0.890. The quantitative estimate of drug-likeness (QED) is 0.722. The molecule has 0 spiro atoms. The van der Waals surface area contributed by atoms with Crippen LogP contribution in [0.15, 0.2) is 24.3 Å². The fourth-order valence-corrected chi connectivity index (χ4v) is 0.818. The van der Waals surface area contributed by atoms with Crippen molar-refractivity contribution in [3.8, 4) is 0 Å². The summed E-state index contributed by atoms with van der Waals surface area (Å²) in [6, 6.07) is 6.40. The van der Waals surface area contributed by atoms with Crippen LogP contribution in [0.4, 0.5) is 4.39 Å². The molecule has 0 radical (unpaired) electrons. The molecule has 1 rings (SSSR count). The van der Waals surface area contributed by atoms with Gasteiger partial charge in [0.2, 0.25) is 0 Å². The van der Waals surface area contributed by atoms with Crippen molar-refractivity contribution in [2.24, 2.45) is 5.73 Å². The minimum absolute atomic E-state index is 0.194. The monoisotopic (exact) mass is 169 g/mol. The molecule has 12 heavy (non-hydrogen) atoms. The van der Waals surface area contributed by atoms with Gasteiger partial charge in [0, 0.05) is 0 Å². The van der Waals surface area contributed by atoms with Gasteiger partial charge >= 0.3 is 0 Å². The van der Waals surface area contributed by atoms with Crippen molar-refractivity contribution >= 4 is 0 Å². The third kappa shape index (κ3) is 4.09. The second-order valence-electron chi connectivity index (χ2n) is 2.17. The van der Waals surface area contributed by atoms with Crippen molar-refractivity contribution in [2.75, 3.05) is 6.54 Å². The molecule has 1 aromatic carbocycles. The Bertz CT molecular complexity index is 193.